The summed E-state index contributed by atoms with van der Waals surface area (Å²) in [5.41, 5.74) is 4.69. The molecule has 34 heavy (non-hydrogen) atoms. The summed E-state index contributed by atoms with van der Waals surface area (Å²) >= 11 is 0. The molecule has 1 heterocycles. The van der Waals surface area contributed by atoms with Crippen molar-refractivity contribution in [3.8, 4) is 0 Å². The number of nitrogens with two attached hydrogens (primary N) is 1. The molecule has 2 atom stereocenters. The topological polar surface area (TPSA) is 85.3 Å². The van der Waals surface area contributed by atoms with Crippen molar-refractivity contribution >= 4 is 17.7 Å². The molecule has 0 spiro atoms. The van der Waals surface area contributed by atoms with Crippen LogP contribution in [0, 0.1) is 11.8 Å². The van der Waals surface area contributed by atoms with E-state index in [0.29, 0.717) is 11.3 Å². The van der Waals surface area contributed by atoms with Gasteiger partial charge in [0.15, 0.2) is 5.69 Å². The molecule has 192 valence electrons. The third-order valence-corrected chi connectivity index (χ3v) is 5.22. The van der Waals surface area contributed by atoms with Crippen LogP contribution in [0.25, 0.3) is 5.57 Å². The lowest BCUT2D eigenvalue weighted by molar-refractivity contribution is -0.141. The summed E-state index contributed by atoms with van der Waals surface area (Å²) in [6.45, 7) is 7.70. The quantitative estimate of drug-likeness (QED) is 0.247. The van der Waals surface area contributed by atoms with E-state index in [9.17, 15) is 26.7 Å². The maximum atomic E-state index is 13.4. The van der Waals surface area contributed by atoms with E-state index in [1.165, 1.54) is 4.68 Å². The summed E-state index contributed by atoms with van der Waals surface area (Å²) in [6, 6.07) is 1.01. The molecule has 1 aromatic rings. The molecule has 0 bridgehead atoms. The largest absolute Gasteiger partial charge is 0.435 e. The van der Waals surface area contributed by atoms with E-state index < -0.39 is 35.8 Å². The third-order valence-electron chi connectivity index (χ3n) is 5.22. The van der Waals surface area contributed by atoms with E-state index >= 15 is 0 Å². The number of hydrogen-bond donors (Lipinski definition) is 2. The molecular weight excluding hydrogens is 457 g/mol. The molecule has 1 rings (SSSR count). The lowest BCUT2D eigenvalue weighted by atomic mass is 9.98. The van der Waals surface area contributed by atoms with Gasteiger partial charge >= 0.3 is 12.7 Å². The zero-order chi connectivity index (χ0) is 26.3. The molecule has 0 aromatic carbocycles. The van der Waals surface area contributed by atoms with Crippen molar-refractivity contribution in [3.05, 3.63) is 35.3 Å². The second-order valence-electron chi connectivity index (χ2n) is 9.08. The van der Waals surface area contributed by atoms with Crippen molar-refractivity contribution in [1.29, 1.82) is 0 Å². The van der Waals surface area contributed by atoms with Gasteiger partial charge in [0.05, 0.1) is 17.8 Å². The number of amides is 1. The monoisotopic (exact) mass is 491 g/mol. The Bertz CT molecular complexity index is 915. The van der Waals surface area contributed by atoms with Gasteiger partial charge in [0.2, 0.25) is 5.91 Å². The van der Waals surface area contributed by atoms with E-state index in [1.807, 2.05) is 19.9 Å². The third kappa shape index (κ3) is 9.26. The van der Waals surface area contributed by atoms with Gasteiger partial charge in [0.25, 0.3) is 0 Å². The van der Waals surface area contributed by atoms with Gasteiger partial charge in [-0.25, -0.2) is 4.99 Å². The van der Waals surface area contributed by atoms with Crippen molar-refractivity contribution < 1.29 is 26.7 Å². The Morgan fingerprint density at radius 3 is 2.41 bits per heavy atom. The van der Waals surface area contributed by atoms with Gasteiger partial charge in [0.1, 0.15) is 0 Å². The number of carbonyl (C=O) groups excluding carboxylic acids is 1. The SMILES string of the molecule is CCC(C)/C=C(\C)c1cc(C(F)(F)F)nn1CC(C)(C)NC(=O)C(C)CC(=C/N)/C=N/C(F)F. The molecule has 0 aliphatic rings. The molecule has 0 fully saturated rings. The van der Waals surface area contributed by atoms with E-state index in [0.717, 1.165) is 24.9 Å². The minimum atomic E-state index is -4.61. The highest BCUT2D eigenvalue weighted by molar-refractivity contribution is 5.83. The highest BCUT2D eigenvalue weighted by Crippen LogP contribution is 2.31. The molecule has 0 saturated heterocycles. The van der Waals surface area contributed by atoms with Crippen LogP contribution < -0.4 is 11.1 Å². The van der Waals surface area contributed by atoms with E-state index in [-0.39, 0.29) is 24.5 Å². The van der Waals surface area contributed by atoms with Crippen molar-refractivity contribution in [2.75, 3.05) is 0 Å². The molecule has 0 aliphatic carbocycles. The number of aliphatic imine (C=N–C) groups is 1. The van der Waals surface area contributed by atoms with Crippen LogP contribution in [0.15, 0.2) is 28.9 Å². The van der Waals surface area contributed by atoms with Crippen molar-refractivity contribution in [2.24, 2.45) is 22.6 Å². The molecule has 6 nitrogen and oxygen atoms in total. The predicted molar refractivity (Wildman–Crippen MR) is 123 cm³/mol. The number of allylic oxidation sites excluding steroid dienone is 3. The number of rotatable bonds is 11. The maximum absolute atomic E-state index is 13.4. The smallest absolute Gasteiger partial charge is 0.404 e. The Hall–Kier alpha value is -2.72. The molecule has 0 saturated carbocycles. The molecule has 11 heteroatoms. The number of hydrogen-bond acceptors (Lipinski definition) is 4. The minimum Gasteiger partial charge on any atom is -0.404 e. The number of nitrogens with one attached hydrogen (secondary N) is 1. The lowest BCUT2D eigenvalue weighted by Gasteiger charge is -2.29. The fourth-order valence-corrected chi connectivity index (χ4v) is 3.26. The van der Waals surface area contributed by atoms with Crippen molar-refractivity contribution in [2.45, 2.75) is 79.2 Å². The fourth-order valence-electron chi connectivity index (χ4n) is 3.26. The molecule has 2 unspecified atom stereocenters. The highest BCUT2D eigenvalue weighted by Gasteiger charge is 2.36. The van der Waals surface area contributed by atoms with Crippen LogP contribution in [0.5, 0.6) is 0 Å². The molecule has 0 aliphatic heterocycles. The Kier molecular flexibility index (Phi) is 10.4. The molecule has 3 N–H and O–H groups in total. The first-order valence-corrected chi connectivity index (χ1v) is 11.0. The predicted octanol–water partition coefficient (Wildman–Crippen LogP) is 5.41. The zero-order valence-corrected chi connectivity index (χ0v) is 20.4. The number of aromatic nitrogens is 2. The van der Waals surface area contributed by atoms with Gasteiger partial charge in [-0.2, -0.15) is 27.1 Å². The summed E-state index contributed by atoms with van der Waals surface area (Å²) in [7, 11) is 0. The fraction of sp³-hybridized carbons (Fsp3) is 0.609. The molecular formula is C23H34F5N5O. The van der Waals surface area contributed by atoms with Gasteiger partial charge in [-0.05, 0) is 56.5 Å². The van der Waals surface area contributed by atoms with Crippen LogP contribution in [-0.2, 0) is 17.5 Å². The summed E-state index contributed by atoms with van der Waals surface area (Å²) in [4.78, 5) is 15.7. The Balaban J connectivity index is 3.09. The van der Waals surface area contributed by atoms with Crippen LogP contribution in [-0.4, -0.2) is 34.0 Å². The van der Waals surface area contributed by atoms with Crippen LogP contribution in [0.4, 0.5) is 22.0 Å². The zero-order valence-electron chi connectivity index (χ0n) is 20.4. The van der Waals surface area contributed by atoms with Crippen LogP contribution in [0.2, 0.25) is 0 Å². The molecule has 1 amide bonds. The average Bonchev–Trinajstić information content (AvgIpc) is 3.13. The van der Waals surface area contributed by atoms with Crippen molar-refractivity contribution in [1.82, 2.24) is 15.1 Å². The number of alkyl halides is 5. The molecule has 1 aromatic heterocycles. The first kappa shape index (κ1) is 29.3. The standard InChI is InChI=1S/C23H34F5N5O/c1-7-14(2)8-15(3)18-10-19(23(26,27)28)32-33(18)13-22(5,6)31-20(34)16(4)9-17(11-29)12-30-21(24)25/h8,10-12,14,16,21H,7,9,13,29H2,1-6H3,(H,31,34)/b15-8+,17-11-,30-12+. The number of halogens is 5. The van der Waals surface area contributed by atoms with Crippen molar-refractivity contribution in [3.63, 3.8) is 0 Å². The van der Waals surface area contributed by atoms with Gasteiger partial charge < -0.3 is 11.1 Å². The Labute approximate surface area is 197 Å². The van der Waals surface area contributed by atoms with E-state index in [1.54, 1.807) is 27.7 Å². The van der Waals surface area contributed by atoms with Gasteiger partial charge in [-0.3, -0.25) is 9.48 Å². The van der Waals surface area contributed by atoms with Gasteiger partial charge in [-0.15, -0.1) is 0 Å². The Morgan fingerprint density at radius 2 is 1.91 bits per heavy atom. The summed E-state index contributed by atoms with van der Waals surface area (Å²) < 4.78 is 65.9. The summed E-state index contributed by atoms with van der Waals surface area (Å²) in [5.74, 6) is -0.885. The minimum absolute atomic E-state index is 0.0189. The number of carbonyl (C=O) groups is 1. The first-order valence-electron chi connectivity index (χ1n) is 11.0. The Morgan fingerprint density at radius 1 is 1.29 bits per heavy atom. The number of nitrogens with zero attached hydrogens (tertiary/aromatic N) is 3. The highest BCUT2D eigenvalue weighted by atomic mass is 19.4. The van der Waals surface area contributed by atoms with Gasteiger partial charge in [0, 0.05) is 12.1 Å². The van der Waals surface area contributed by atoms with Crippen LogP contribution >= 0.6 is 0 Å². The average molecular weight is 492 g/mol. The van der Waals surface area contributed by atoms with E-state index in [4.69, 9.17) is 5.73 Å². The van der Waals surface area contributed by atoms with Gasteiger partial charge in [-0.1, -0.05) is 33.3 Å². The second kappa shape index (κ2) is 12.1. The maximum Gasteiger partial charge on any atom is 0.435 e. The van der Waals surface area contributed by atoms with Crippen LogP contribution in [0.1, 0.15) is 65.8 Å². The normalized spacial score (nSPS) is 15.8. The second-order valence-corrected chi connectivity index (χ2v) is 9.08. The summed E-state index contributed by atoms with van der Waals surface area (Å²) in [5, 5.41) is 6.56. The van der Waals surface area contributed by atoms with E-state index in [2.05, 4.69) is 15.4 Å². The summed E-state index contributed by atoms with van der Waals surface area (Å²) in [6.07, 6.45) is 0.198. The lowest BCUT2D eigenvalue weighted by Crippen LogP contribution is -2.48. The van der Waals surface area contributed by atoms with Crippen LogP contribution in [0.3, 0.4) is 0 Å². The first-order chi connectivity index (χ1) is 15.6. The molecule has 0 radical (unpaired) electrons.